The van der Waals surface area contributed by atoms with Crippen LogP contribution in [0.15, 0.2) is 0 Å². The molecular formula is C9H16O2. The monoisotopic (exact) mass is 156 g/mol. The first-order valence-corrected chi connectivity index (χ1v) is 4.21. The first-order valence-electron chi connectivity index (χ1n) is 4.21. The van der Waals surface area contributed by atoms with Gasteiger partial charge >= 0.3 is 5.97 Å². The van der Waals surface area contributed by atoms with E-state index in [1.807, 2.05) is 13.8 Å². The number of ether oxygens (including phenoxy) is 1. The molecule has 0 aromatic rings. The second-order valence-corrected chi connectivity index (χ2v) is 3.86. The molecule has 1 fully saturated rings. The van der Waals surface area contributed by atoms with E-state index in [4.69, 9.17) is 4.74 Å². The van der Waals surface area contributed by atoms with Crippen LogP contribution in [0.25, 0.3) is 0 Å². The predicted molar refractivity (Wildman–Crippen MR) is 43.1 cm³/mol. The second kappa shape index (κ2) is 2.50. The Kier molecular flexibility index (Phi) is 1.95. The highest BCUT2D eigenvalue weighted by Gasteiger charge is 2.47. The summed E-state index contributed by atoms with van der Waals surface area (Å²) in [5.74, 6) is 0.303. The maximum Gasteiger partial charge on any atom is 0.312 e. The van der Waals surface area contributed by atoms with E-state index in [1.54, 1.807) is 0 Å². The van der Waals surface area contributed by atoms with Gasteiger partial charge in [0.15, 0.2) is 0 Å². The molecule has 1 aliphatic rings. The Labute approximate surface area is 67.9 Å². The molecule has 2 unspecified atom stereocenters. The third-order valence-corrected chi connectivity index (χ3v) is 2.88. The summed E-state index contributed by atoms with van der Waals surface area (Å²) in [6.07, 6.45) is 1.06. The van der Waals surface area contributed by atoms with Crippen molar-refractivity contribution in [3.8, 4) is 0 Å². The summed E-state index contributed by atoms with van der Waals surface area (Å²) in [4.78, 5) is 11.3. The summed E-state index contributed by atoms with van der Waals surface area (Å²) in [5, 5.41) is 0. The number of carbonyl (C=O) groups excluding carboxylic acids is 1. The molecule has 0 amide bonds. The lowest BCUT2D eigenvalue weighted by atomic mass is 9.79. The van der Waals surface area contributed by atoms with Crippen molar-refractivity contribution in [1.29, 1.82) is 0 Å². The Morgan fingerprint density at radius 2 is 2.09 bits per heavy atom. The van der Waals surface area contributed by atoms with Crippen LogP contribution < -0.4 is 0 Å². The highest BCUT2D eigenvalue weighted by Crippen LogP contribution is 2.39. The number of hydrogen-bond acceptors (Lipinski definition) is 2. The van der Waals surface area contributed by atoms with Gasteiger partial charge in [-0.2, -0.15) is 0 Å². The minimum absolute atomic E-state index is 0.0446. The van der Waals surface area contributed by atoms with Crippen molar-refractivity contribution < 1.29 is 9.53 Å². The molecule has 1 aliphatic heterocycles. The fourth-order valence-electron chi connectivity index (χ4n) is 1.48. The highest BCUT2D eigenvalue weighted by molar-refractivity contribution is 5.78. The van der Waals surface area contributed by atoms with Crippen molar-refractivity contribution in [2.24, 2.45) is 11.3 Å². The van der Waals surface area contributed by atoms with Crippen LogP contribution in [0, 0.1) is 11.3 Å². The van der Waals surface area contributed by atoms with Gasteiger partial charge in [0.25, 0.3) is 0 Å². The summed E-state index contributed by atoms with van der Waals surface area (Å²) in [6.45, 7) is 8.04. The van der Waals surface area contributed by atoms with E-state index in [0.717, 1.165) is 6.42 Å². The van der Waals surface area contributed by atoms with E-state index in [9.17, 15) is 4.79 Å². The third kappa shape index (κ3) is 1.15. The zero-order valence-corrected chi connectivity index (χ0v) is 7.68. The normalized spacial score (nSPS) is 35.5. The molecule has 2 nitrogen and oxygen atoms in total. The molecule has 0 aromatic carbocycles. The molecule has 2 heteroatoms. The number of esters is 1. The molecule has 1 saturated heterocycles. The van der Waals surface area contributed by atoms with E-state index in [2.05, 4.69) is 13.8 Å². The van der Waals surface area contributed by atoms with E-state index >= 15 is 0 Å². The summed E-state index contributed by atoms with van der Waals surface area (Å²) in [7, 11) is 0. The predicted octanol–water partition coefficient (Wildman–Crippen LogP) is 1.98. The average Bonchev–Trinajstić information content (AvgIpc) is 2.14. The van der Waals surface area contributed by atoms with Gasteiger partial charge in [-0.3, -0.25) is 4.79 Å². The van der Waals surface area contributed by atoms with Gasteiger partial charge in [-0.1, -0.05) is 13.8 Å². The molecule has 2 atom stereocenters. The standard InChI is InChI=1S/C9H16O2/c1-5-7-6(2)9(3,4)8(10)11-7/h6-7H,5H2,1-4H3. The second-order valence-electron chi connectivity index (χ2n) is 3.86. The smallest absolute Gasteiger partial charge is 0.312 e. The van der Waals surface area contributed by atoms with Crippen molar-refractivity contribution in [3.63, 3.8) is 0 Å². The van der Waals surface area contributed by atoms with Gasteiger partial charge in [0.1, 0.15) is 6.10 Å². The zero-order valence-electron chi connectivity index (χ0n) is 7.68. The van der Waals surface area contributed by atoms with Crippen LogP contribution >= 0.6 is 0 Å². The van der Waals surface area contributed by atoms with Crippen LogP contribution in [-0.4, -0.2) is 12.1 Å². The van der Waals surface area contributed by atoms with Gasteiger partial charge < -0.3 is 4.74 Å². The van der Waals surface area contributed by atoms with E-state index in [-0.39, 0.29) is 17.5 Å². The number of carbonyl (C=O) groups is 1. The van der Waals surface area contributed by atoms with E-state index in [0.29, 0.717) is 5.92 Å². The van der Waals surface area contributed by atoms with Crippen molar-refractivity contribution in [2.75, 3.05) is 0 Å². The number of rotatable bonds is 1. The Balaban J connectivity index is 2.80. The first-order chi connectivity index (χ1) is 5.00. The Bertz CT molecular complexity index is 172. The third-order valence-electron chi connectivity index (χ3n) is 2.88. The van der Waals surface area contributed by atoms with Gasteiger partial charge in [0, 0.05) is 5.92 Å². The van der Waals surface area contributed by atoms with Crippen LogP contribution in [-0.2, 0) is 9.53 Å². The van der Waals surface area contributed by atoms with Gasteiger partial charge in [-0.05, 0) is 20.3 Å². The summed E-state index contributed by atoms with van der Waals surface area (Å²) in [6, 6.07) is 0. The van der Waals surface area contributed by atoms with E-state index in [1.165, 1.54) is 0 Å². The minimum Gasteiger partial charge on any atom is -0.462 e. The average molecular weight is 156 g/mol. The zero-order chi connectivity index (χ0) is 8.65. The Morgan fingerprint density at radius 3 is 2.27 bits per heavy atom. The summed E-state index contributed by atoms with van der Waals surface area (Å²) < 4.78 is 5.20. The minimum atomic E-state index is -0.277. The largest absolute Gasteiger partial charge is 0.462 e. The van der Waals surface area contributed by atoms with Crippen LogP contribution in [0.2, 0.25) is 0 Å². The van der Waals surface area contributed by atoms with E-state index < -0.39 is 0 Å². The molecule has 0 saturated carbocycles. The molecular weight excluding hydrogens is 140 g/mol. The molecule has 0 spiro atoms. The molecule has 0 aromatic heterocycles. The molecule has 0 bridgehead atoms. The molecule has 11 heavy (non-hydrogen) atoms. The lowest BCUT2D eigenvalue weighted by molar-refractivity contribution is -0.147. The number of cyclic esters (lactones) is 1. The van der Waals surface area contributed by atoms with Gasteiger partial charge in [0.05, 0.1) is 5.41 Å². The van der Waals surface area contributed by atoms with Crippen LogP contribution in [0.1, 0.15) is 34.1 Å². The highest BCUT2D eigenvalue weighted by atomic mass is 16.6. The summed E-state index contributed by atoms with van der Waals surface area (Å²) in [5.41, 5.74) is -0.277. The van der Waals surface area contributed by atoms with Crippen molar-refractivity contribution in [2.45, 2.75) is 40.2 Å². The van der Waals surface area contributed by atoms with Gasteiger partial charge in [-0.25, -0.2) is 0 Å². The molecule has 64 valence electrons. The van der Waals surface area contributed by atoms with Crippen LogP contribution in [0.3, 0.4) is 0 Å². The Morgan fingerprint density at radius 1 is 1.55 bits per heavy atom. The van der Waals surface area contributed by atoms with Crippen LogP contribution in [0.5, 0.6) is 0 Å². The summed E-state index contributed by atoms with van der Waals surface area (Å²) >= 11 is 0. The molecule has 0 aliphatic carbocycles. The molecule has 1 heterocycles. The van der Waals surface area contributed by atoms with Crippen molar-refractivity contribution in [3.05, 3.63) is 0 Å². The van der Waals surface area contributed by atoms with Gasteiger partial charge in [0.2, 0.25) is 0 Å². The Hall–Kier alpha value is -0.530. The molecule has 0 radical (unpaired) electrons. The fraction of sp³-hybridized carbons (Fsp3) is 0.889. The first kappa shape index (κ1) is 8.57. The fourth-order valence-corrected chi connectivity index (χ4v) is 1.48. The van der Waals surface area contributed by atoms with Crippen molar-refractivity contribution >= 4 is 5.97 Å². The SMILES string of the molecule is CCC1OC(=O)C(C)(C)C1C. The van der Waals surface area contributed by atoms with Gasteiger partial charge in [-0.15, -0.1) is 0 Å². The van der Waals surface area contributed by atoms with Crippen LogP contribution in [0.4, 0.5) is 0 Å². The lowest BCUT2D eigenvalue weighted by Crippen LogP contribution is -2.25. The maximum atomic E-state index is 11.3. The van der Waals surface area contributed by atoms with Crippen molar-refractivity contribution in [1.82, 2.24) is 0 Å². The quantitative estimate of drug-likeness (QED) is 0.543. The molecule has 1 rings (SSSR count). The lowest BCUT2D eigenvalue weighted by Gasteiger charge is -2.19. The number of hydrogen-bond donors (Lipinski definition) is 0. The molecule has 0 N–H and O–H groups in total. The topological polar surface area (TPSA) is 26.3 Å². The maximum absolute atomic E-state index is 11.3.